The average molecular weight is 239 g/mol. The molecule has 3 nitrogen and oxygen atoms in total. The molecule has 2 rings (SSSR count). The van der Waals surface area contributed by atoms with Gasteiger partial charge in [-0.05, 0) is 24.3 Å². The molecular weight excluding hydrogens is 218 g/mol. The van der Waals surface area contributed by atoms with Gasteiger partial charge < -0.3 is 5.73 Å². The second kappa shape index (κ2) is 4.34. The minimum absolute atomic E-state index is 0.426. The van der Waals surface area contributed by atoms with Crippen LogP contribution in [0.3, 0.4) is 0 Å². The van der Waals surface area contributed by atoms with Gasteiger partial charge in [0.1, 0.15) is 0 Å². The molecule has 1 fully saturated rings. The van der Waals surface area contributed by atoms with Crippen LogP contribution in [-0.4, -0.2) is 23.0 Å². The Bertz CT molecular complexity index is 353. The highest BCUT2D eigenvalue weighted by Crippen LogP contribution is 2.34. The van der Waals surface area contributed by atoms with Crippen LogP contribution in [0.2, 0.25) is 0 Å². The largest absolute Gasteiger partial charge is 0.375 e. The maximum Gasteiger partial charge on any atom is 0.180 e. The molecule has 1 aliphatic heterocycles. The fourth-order valence-electron chi connectivity index (χ4n) is 2.31. The predicted molar refractivity (Wildman–Crippen MR) is 69.4 cm³/mol. The van der Waals surface area contributed by atoms with Crippen LogP contribution >= 0.6 is 11.3 Å². The normalized spacial score (nSPS) is 22.8. The van der Waals surface area contributed by atoms with Crippen molar-refractivity contribution in [2.75, 3.05) is 18.8 Å². The molecule has 4 heteroatoms. The number of nitrogens with zero attached hydrogens (tertiary/aromatic N) is 2. The predicted octanol–water partition coefficient (Wildman–Crippen LogP) is 2.59. The smallest absolute Gasteiger partial charge is 0.180 e. The third kappa shape index (κ3) is 2.74. The van der Waals surface area contributed by atoms with Crippen molar-refractivity contribution in [3.63, 3.8) is 0 Å². The maximum atomic E-state index is 5.64. The van der Waals surface area contributed by atoms with Gasteiger partial charge in [-0.1, -0.05) is 20.8 Å². The summed E-state index contributed by atoms with van der Waals surface area (Å²) in [4.78, 5) is 6.81. The minimum atomic E-state index is 0.426. The monoisotopic (exact) mass is 239 g/mol. The van der Waals surface area contributed by atoms with Crippen molar-refractivity contribution in [2.24, 2.45) is 11.3 Å². The highest BCUT2D eigenvalue weighted by molar-refractivity contribution is 7.13. The van der Waals surface area contributed by atoms with Crippen molar-refractivity contribution in [2.45, 2.75) is 33.7 Å². The van der Waals surface area contributed by atoms with Crippen LogP contribution in [-0.2, 0) is 6.54 Å². The van der Waals surface area contributed by atoms with Gasteiger partial charge in [0.15, 0.2) is 5.13 Å². The van der Waals surface area contributed by atoms with Crippen LogP contribution in [0.5, 0.6) is 0 Å². The lowest BCUT2D eigenvalue weighted by Gasteiger charge is -2.26. The van der Waals surface area contributed by atoms with Crippen molar-refractivity contribution in [1.82, 2.24) is 9.88 Å². The van der Waals surface area contributed by atoms with E-state index in [1.165, 1.54) is 30.8 Å². The van der Waals surface area contributed by atoms with Gasteiger partial charge in [0.05, 0.1) is 5.69 Å². The quantitative estimate of drug-likeness (QED) is 0.862. The molecule has 90 valence electrons. The molecule has 0 saturated carbocycles. The van der Waals surface area contributed by atoms with Gasteiger partial charge in [-0.25, -0.2) is 4.98 Å². The van der Waals surface area contributed by atoms with Crippen LogP contribution in [0, 0.1) is 11.3 Å². The van der Waals surface area contributed by atoms with Gasteiger partial charge in [-0.2, -0.15) is 0 Å². The topological polar surface area (TPSA) is 42.1 Å². The molecule has 0 aromatic carbocycles. The lowest BCUT2D eigenvalue weighted by Crippen LogP contribution is -2.25. The summed E-state index contributed by atoms with van der Waals surface area (Å²) in [6.45, 7) is 10.4. The number of likely N-dealkylation sites (tertiary alicyclic amines) is 1. The molecule has 2 heterocycles. The first-order chi connectivity index (χ1) is 7.45. The maximum absolute atomic E-state index is 5.64. The van der Waals surface area contributed by atoms with Gasteiger partial charge in [0.2, 0.25) is 0 Å². The Labute approximate surface area is 102 Å². The second-order valence-electron chi connectivity index (χ2n) is 5.76. The number of nitrogens with two attached hydrogens (primary N) is 1. The number of nitrogen functional groups attached to an aromatic ring is 1. The average Bonchev–Trinajstić information content (AvgIpc) is 2.74. The number of aromatic nitrogens is 1. The van der Waals surface area contributed by atoms with E-state index in [2.05, 4.69) is 36.0 Å². The summed E-state index contributed by atoms with van der Waals surface area (Å²) in [6.07, 6.45) is 1.31. The number of thiazole rings is 1. The minimum Gasteiger partial charge on any atom is -0.375 e. The molecule has 0 amide bonds. The lowest BCUT2D eigenvalue weighted by molar-refractivity contribution is 0.225. The Kier molecular flexibility index (Phi) is 3.22. The molecule has 1 aromatic heterocycles. The first kappa shape index (κ1) is 11.9. The molecule has 1 unspecified atom stereocenters. The van der Waals surface area contributed by atoms with E-state index >= 15 is 0 Å². The molecule has 0 spiro atoms. The summed E-state index contributed by atoms with van der Waals surface area (Å²) in [6, 6.07) is 0. The number of hydrogen-bond donors (Lipinski definition) is 1. The van der Waals surface area contributed by atoms with Crippen molar-refractivity contribution < 1.29 is 0 Å². The molecule has 16 heavy (non-hydrogen) atoms. The Morgan fingerprint density at radius 3 is 2.81 bits per heavy atom. The van der Waals surface area contributed by atoms with Crippen LogP contribution < -0.4 is 5.73 Å². The van der Waals surface area contributed by atoms with Crippen molar-refractivity contribution in [3.05, 3.63) is 11.1 Å². The Hall–Kier alpha value is -0.610. The summed E-state index contributed by atoms with van der Waals surface area (Å²) < 4.78 is 0. The summed E-state index contributed by atoms with van der Waals surface area (Å²) in [5.74, 6) is 0.809. The fourth-order valence-corrected chi connectivity index (χ4v) is 2.86. The van der Waals surface area contributed by atoms with E-state index in [0.717, 1.165) is 18.2 Å². The standard InChI is InChI=1S/C12H21N3S/c1-12(2,3)9-4-5-15(6-9)7-10-8-16-11(13)14-10/h8-9H,4-7H2,1-3H3,(H2,13,14). The molecule has 0 aliphatic carbocycles. The zero-order valence-electron chi connectivity index (χ0n) is 10.4. The van der Waals surface area contributed by atoms with Crippen molar-refractivity contribution >= 4 is 16.5 Å². The van der Waals surface area contributed by atoms with E-state index in [1.54, 1.807) is 0 Å². The van der Waals surface area contributed by atoms with E-state index in [9.17, 15) is 0 Å². The summed E-state index contributed by atoms with van der Waals surface area (Å²) in [5.41, 5.74) is 7.19. The van der Waals surface area contributed by atoms with Gasteiger partial charge in [-0.15, -0.1) is 11.3 Å². The summed E-state index contributed by atoms with van der Waals surface area (Å²) in [5, 5.41) is 2.75. The lowest BCUT2D eigenvalue weighted by atomic mass is 9.80. The molecule has 1 aliphatic rings. The van der Waals surface area contributed by atoms with Crippen LogP contribution in [0.15, 0.2) is 5.38 Å². The van der Waals surface area contributed by atoms with E-state index in [1.807, 2.05) is 0 Å². The Morgan fingerprint density at radius 2 is 2.31 bits per heavy atom. The van der Waals surface area contributed by atoms with Gasteiger partial charge >= 0.3 is 0 Å². The van der Waals surface area contributed by atoms with Crippen molar-refractivity contribution in [3.8, 4) is 0 Å². The third-order valence-corrected chi connectivity index (χ3v) is 4.17. The molecule has 2 N–H and O–H groups in total. The number of anilines is 1. The molecule has 0 radical (unpaired) electrons. The van der Waals surface area contributed by atoms with Gasteiger partial charge in [0, 0.05) is 18.5 Å². The first-order valence-corrected chi connectivity index (χ1v) is 6.75. The summed E-state index contributed by atoms with van der Waals surface area (Å²) >= 11 is 1.53. The van der Waals surface area contributed by atoms with Crippen LogP contribution in [0.4, 0.5) is 5.13 Å². The number of rotatable bonds is 2. The molecule has 1 atom stereocenters. The molecule has 0 bridgehead atoms. The molecule has 1 aromatic rings. The molecule has 1 saturated heterocycles. The zero-order valence-corrected chi connectivity index (χ0v) is 11.2. The van der Waals surface area contributed by atoms with E-state index in [-0.39, 0.29) is 0 Å². The summed E-state index contributed by atoms with van der Waals surface area (Å²) in [7, 11) is 0. The van der Waals surface area contributed by atoms with Gasteiger partial charge in [-0.3, -0.25) is 4.90 Å². The van der Waals surface area contributed by atoms with E-state index < -0.39 is 0 Å². The number of hydrogen-bond acceptors (Lipinski definition) is 4. The molecular formula is C12H21N3S. The Morgan fingerprint density at radius 1 is 1.56 bits per heavy atom. The first-order valence-electron chi connectivity index (χ1n) is 5.87. The van der Waals surface area contributed by atoms with Gasteiger partial charge in [0.25, 0.3) is 0 Å². The van der Waals surface area contributed by atoms with E-state index in [4.69, 9.17) is 5.73 Å². The zero-order chi connectivity index (χ0) is 11.8. The highest BCUT2D eigenvalue weighted by atomic mass is 32.1. The fraction of sp³-hybridized carbons (Fsp3) is 0.750. The Balaban J connectivity index is 1.90. The van der Waals surface area contributed by atoms with Crippen LogP contribution in [0.25, 0.3) is 0 Å². The second-order valence-corrected chi connectivity index (χ2v) is 6.65. The SMILES string of the molecule is CC(C)(C)C1CCN(Cc2csc(N)n2)C1. The van der Waals surface area contributed by atoms with E-state index in [0.29, 0.717) is 10.5 Å². The highest BCUT2D eigenvalue weighted by Gasteiger charge is 2.31. The van der Waals surface area contributed by atoms with Crippen LogP contribution in [0.1, 0.15) is 32.9 Å². The third-order valence-electron chi connectivity index (χ3n) is 3.45. The van der Waals surface area contributed by atoms with Crippen molar-refractivity contribution in [1.29, 1.82) is 0 Å².